The molecule has 2 aliphatic rings. The minimum absolute atomic E-state index is 0.0124. The van der Waals surface area contributed by atoms with Crippen molar-refractivity contribution >= 4 is 23.4 Å². The molecule has 1 aliphatic carbocycles. The van der Waals surface area contributed by atoms with Crippen LogP contribution in [-0.2, 0) is 23.9 Å². The molecule has 0 spiro atoms. The van der Waals surface area contributed by atoms with Gasteiger partial charge in [0.1, 0.15) is 23.4 Å². The van der Waals surface area contributed by atoms with Gasteiger partial charge in [0, 0.05) is 22.8 Å². The van der Waals surface area contributed by atoms with Crippen LogP contribution < -0.4 is 10.6 Å². The fraction of sp³-hybridized carbons (Fsp3) is 0.194. The lowest BCUT2D eigenvalue weighted by Gasteiger charge is -2.44. The number of anilines is 1. The zero-order valence-corrected chi connectivity index (χ0v) is 21.8. The first-order valence-corrected chi connectivity index (χ1v) is 12.6. The van der Waals surface area contributed by atoms with Crippen molar-refractivity contribution in [1.82, 2.24) is 0 Å². The van der Waals surface area contributed by atoms with Crippen molar-refractivity contribution in [2.24, 2.45) is 11.7 Å². The summed E-state index contributed by atoms with van der Waals surface area (Å²) in [5, 5.41) is 0. The van der Waals surface area contributed by atoms with Crippen LogP contribution in [0.2, 0.25) is 0 Å². The molecule has 40 heavy (non-hydrogen) atoms. The fourth-order valence-corrected chi connectivity index (χ4v) is 5.68. The predicted octanol–water partition coefficient (Wildman–Crippen LogP) is 4.71. The van der Waals surface area contributed by atoms with E-state index in [1.807, 2.05) is 0 Å². The number of para-hydroxylation sites is 1. The van der Waals surface area contributed by atoms with Crippen LogP contribution in [0.4, 0.5) is 14.5 Å². The van der Waals surface area contributed by atoms with Gasteiger partial charge in [0.25, 0.3) is 0 Å². The predicted molar refractivity (Wildman–Crippen MR) is 143 cm³/mol. The topological polar surface area (TPSA) is 98.9 Å². The second kappa shape index (κ2) is 10.8. The summed E-state index contributed by atoms with van der Waals surface area (Å²) in [4.78, 5) is 42.1. The Balaban J connectivity index is 1.86. The number of esters is 2. The molecule has 204 valence electrons. The van der Waals surface area contributed by atoms with Crippen LogP contribution in [-0.4, -0.2) is 31.9 Å². The summed E-state index contributed by atoms with van der Waals surface area (Å²) in [5.41, 5.74) is 7.22. The van der Waals surface area contributed by atoms with Gasteiger partial charge < -0.3 is 15.2 Å². The normalized spacial score (nSPS) is 20.8. The maximum atomic E-state index is 15.4. The van der Waals surface area contributed by atoms with E-state index >= 15 is 8.78 Å². The molecule has 0 radical (unpaired) electrons. The quantitative estimate of drug-likeness (QED) is 0.367. The molecule has 0 aromatic heterocycles. The van der Waals surface area contributed by atoms with E-state index in [1.54, 1.807) is 42.5 Å². The Bertz CT molecular complexity index is 1570. The SMILES string of the molecule is COC(=O)C1=C(N)N(c2ccccc2F)C2=C(C(=O)[C@H](C(=O)OC)[C@@H](c3ccccc3)C2)[C@@H]1c1ccccc1F. The minimum Gasteiger partial charge on any atom is -0.468 e. The Kier molecular flexibility index (Phi) is 7.21. The second-order valence-corrected chi connectivity index (χ2v) is 9.48. The summed E-state index contributed by atoms with van der Waals surface area (Å²) < 4.78 is 40.7. The van der Waals surface area contributed by atoms with Gasteiger partial charge in [0.15, 0.2) is 5.78 Å². The number of halogens is 2. The molecular formula is C31H26F2N2O5. The molecular weight excluding hydrogens is 518 g/mol. The van der Waals surface area contributed by atoms with E-state index in [9.17, 15) is 14.4 Å². The van der Waals surface area contributed by atoms with Gasteiger partial charge >= 0.3 is 11.9 Å². The van der Waals surface area contributed by atoms with Crippen LogP contribution in [0.5, 0.6) is 0 Å². The molecule has 7 nitrogen and oxygen atoms in total. The summed E-state index contributed by atoms with van der Waals surface area (Å²) in [7, 11) is 2.31. The summed E-state index contributed by atoms with van der Waals surface area (Å²) in [6.07, 6.45) is 0.0410. The Morgan fingerprint density at radius 2 is 1.50 bits per heavy atom. The standard InChI is InChI=1S/C31H26F2N2O5/c1-39-30(37)25-19(17-10-4-3-5-11-17)16-23-26(28(25)36)24(18-12-6-7-13-20(18)32)27(31(38)40-2)29(34)35(23)22-15-9-8-14-21(22)33/h3-15,19,24-25H,16,34H2,1-2H3/t19-,24+,25-/m1/s1. The number of Topliss-reactive ketones (excluding diaryl/α,β-unsaturated/α-hetero) is 1. The number of carbonyl (C=O) groups is 3. The lowest BCUT2D eigenvalue weighted by molar-refractivity contribution is -0.150. The second-order valence-electron chi connectivity index (χ2n) is 9.48. The number of hydrogen-bond acceptors (Lipinski definition) is 7. The monoisotopic (exact) mass is 544 g/mol. The van der Waals surface area contributed by atoms with E-state index in [4.69, 9.17) is 15.2 Å². The molecule has 9 heteroatoms. The third-order valence-corrected chi connectivity index (χ3v) is 7.44. The lowest BCUT2D eigenvalue weighted by Crippen LogP contribution is -2.46. The maximum Gasteiger partial charge on any atom is 0.338 e. The maximum absolute atomic E-state index is 15.4. The van der Waals surface area contributed by atoms with Gasteiger partial charge in [-0.1, -0.05) is 60.7 Å². The molecule has 2 N–H and O–H groups in total. The van der Waals surface area contributed by atoms with Crippen molar-refractivity contribution in [2.75, 3.05) is 19.1 Å². The number of ketones is 1. The van der Waals surface area contributed by atoms with Crippen LogP contribution in [0.15, 0.2) is 102 Å². The zero-order valence-electron chi connectivity index (χ0n) is 21.8. The molecule has 0 unspecified atom stereocenters. The largest absolute Gasteiger partial charge is 0.468 e. The minimum atomic E-state index is -1.32. The highest BCUT2D eigenvalue weighted by molar-refractivity contribution is 6.14. The number of rotatable bonds is 5. The van der Waals surface area contributed by atoms with Crippen molar-refractivity contribution < 1.29 is 32.6 Å². The molecule has 0 bridgehead atoms. The third kappa shape index (κ3) is 4.33. The molecule has 3 atom stereocenters. The van der Waals surface area contributed by atoms with Crippen LogP contribution in [0, 0.1) is 17.6 Å². The van der Waals surface area contributed by atoms with E-state index < -0.39 is 47.1 Å². The van der Waals surface area contributed by atoms with Gasteiger partial charge in [-0.3, -0.25) is 14.5 Å². The van der Waals surface area contributed by atoms with E-state index in [0.29, 0.717) is 5.56 Å². The number of methoxy groups -OCH3 is 2. The van der Waals surface area contributed by atoms with Crippen LogP contribution in [0.1, 0.15) is 29.4 Å². The van der Waals surface area contributed by atoms with Gasteiger partial charge in [-0.2, -0.15) is 0 Å². The van der Waals surface area contributed by atoms with Crippen LogP contribution in [0.25, 0.3) is 0 Å². The van der Waals surface area contributed by atoms with Gasteiger partial charge in [0.05, 0.1) is 31.4 Å². The van der Waals surface area contributed by atoms with Crippen molar-refractivity contribution in [1.29, 1.82) is 0 Å². The van der Waals surface area contributed by atoms with E-state index in [1.165, 1.54) is 48.4 Å². The summed E-state index contributed by atoms with van der Waals surface area (Å²) in [5.74, 6) is -7.27. The zero-order chi connectivity index (χ0) is 28.6. The summed E-state index contributed by atoms with van der Waals surface area (Å²) >= 11 is 0. The molecule has 5 rings (SSSR count). The van der Waals surface area contributed by atoms with Crippen LogP contribution >= 0.6 is 0 Å². The molecule has 0 fully saturated rings. The number of benzene rings is 3. The molecule has 0 saturated heterocycles. The highest BCUT2D eigenvalue weighted by atomic mass is 19.1. The van der Waals surface area contributed by atoms with Gasteiger partial charge in [-0.15, -0.1) is 0 Å². The average Bonchev–Trinajstić information content (AvgIpc) is 2.97. The van der Waals surface area contributed by atoms with Crippen molar-refractivity contribution in [3.63, 3.8) is 0 Å². The van der Waals surface area contributed by atoms with Gasteiger partial charge in [0.2, 0.25) is 0 Å². The molecule has 3 aromatic carbocycles. The number of allylic oxidation sites excluding steroid dienone is 2. The Labute approximate surface area is 229 Å². The molecule has 0 amide bonds. The highest BCUT2D eigenvalue weighted by Crippen LogP contribution is 2.52. The van der Waals surface area contributed by atoms with E-state index in [0.717, 1.165) is 7.11 Å². The number of ether oxygens (including phenoxy) is 2. The van der Waals surface area contributed by atoms with E-state index in [2.05, 4.69) is 0 Å². The first-order valence-electron chi connectivity index (χ1n) is 12.6. The van der Waals surface area contributed by atoms with E-state index in [-0.39, 0.29) is 40.3 Å². The first-order chi connectivity index (χ1) is 19.3. The number of nitrogens with zero attached hydrogens (tertiary/aromatic N) is 1. The first kappa shape index (κ1) is 26.8. The molecule has 3 aromatic rings. The number of nitrogens with two attached hydrogens (primary N) is 1. The Morgan fingerprint density at radius 1 is 0.875 bits per heavy atom. The average molecular weight is 545 g/mol. The highest BCUT2D eigenvalue weighted by Gasteiger charge is 2.51. The Morgan fingerprint density at radius 3 is 2.12 bits per heavy atom. The number of hydrogen-bond donors (Lipinski definition) is 1. The fourth-order valence-electron chi connectivity index (χ4n) is 5.68. The third-order valence-electron chi connectivity index (χ3n) is 7.44. The smallest absolute Gasteiger partial charge is 0.338 e. The summed E-state index contributed by atoms with van der Waals surface area (Å²) in [6, 6.07) is 20.3. The molecule has 0 saturated carbocycles. The molecule has 1 heterocycles. The van der Waals surface area contributed by atoms with Crippen molar-refractivity contribution in [3.05, 3.63) is 124 Å². The van der Waals surface area contributed by atoms with Crippen molar-refractivity contribution in [3.8, 4) is 0 Å². The van der Waals surface area contributed by atoms with Crippen LogP contribution in [0.3, 0.4) is 0 Å². The van der Waals surface area contributed by atoms with Gasteiger partial charge in [-0.25, -0.2) is 13.6 Å². The van der Waals surface area contributed by atoms with Crippen molar-refractivity contribution in [2.45, 2.75) is 18.3 Å². The molecule has 1 aliphatic heterocycles. The number of carbonyl (C=O) groups excluding carboxylic acids is 3. The Hall–Kier alpha value is -4.79. The lowest BCUT2D eigenvalue weighted by atomic mass is 9.67. The summed E-state index contributed by atoms with van der Waals surface area (Å²) in [6.45, 7) is 0. The van der Waals surface area contributed by atoms with Gasteiger partial charge in [-0.05, 0) is 30.2 Å².